The smallest absolute Gasteiger partial charge is 0.343 e. The average molecular weight is 574 g/mol. The number of hydrogen-bond donors (Lipinski definition) is 0. The van der Waals surface area contributed by atoms with Crippen molar-refractivity contribution >= 4 is 57.0 Å². The van der Waals surface area contributed by atoms with E-state index in [-0.39, 0.29) is 5.91 Å². The highest BCUT2D eigenvalue weighted by Gasteiger charge is 2.24. The molecule has 0 saturated heterocycles. The summed E-state index contributed by atoms with van der Waals surface area (Å²) in [4.78, 5) is 26.5. The zero-order valence-corrected chi connectivity index (χ0v) is 21.2. The van der Waals surface area contributed by atoms with Crippen LogP contribution in [0.4, 0.5) is 0 Å². The summed E-state index contributed by atoms with van der Waals surface area (Å²) >= 11 is 8.23. The van der Waals surface area contributed by atoms with E-state index in [0.29, 0.717) is 44.2 Å². The first-order valence-electron chi connectivity index (χ1n) is 10.3. The topological polar surface area (TPSA) is 57.5 Å². The van der Waals surface area contributed by atoms with Crippen LogP contribution < -0.4 is 9.47 Å². The Labute approximate surface area is 210 Å². The van der Waals surface area contributed by atoms with Gasteiger partial charge in [-0.25, -0.2) is 4.79 Å². The van der Waals surface area contributed by atoms with E-state index in [1.54, 1.807) is 67.1 Å². The molecule has 0 aliphatic carbocycles. The van der Waals surface area contributed by atoms with Crippen molar-refractivity contribution in [2.75, 3.05) is 7.11 Å². The monoisotopic (exact) mass is 573 g/mol. The van der Waals surface area contributed by atoms with Crippen LogP contribution in [0.1, 0.15) is 38.9 Å². The van der Waals surface area contributed by atoms with Crippen molar-refractivity contribution < 1.29 is 19.1 Å². The molecule has 7 heteroatoms. The van der Waals surface area contributed by atoms with Gasteiger partial charge in [0.15, 0.2) is 5.75 Å². The van der Waals surface area contributed by atoms with Gasteiger partial charge in [0, 0.05) is 19.5 Å². The molecule has 0 spiro atoms. The van der Waals surface area contributed by atoms with Crippen LogP contribution in [-0.4, -0.2) is 23.6 Å². The van der Waals surface area contributed by atoms with Crippen LogP contribution in [0.15, 0.2) is 60.7 Å². The fraction of sp³-hybridized carbons (Fsp3) is 0.154. The maximum absolute atomic E-state index is 13.4. The van der Waals surface area contributed by atoms with E-state index < -0.39 is 5.97 Å². The molecule has 0 amide bonds. The van der Waals surface area contributed by atoms with Crippen LogP contribution in [0, 0.1) is 10.5 Å². The summed E-state index contributed by atoms with van der Waals surface area (Å²) in [5.74, 6) is 0.195. The Kier molecular flexibility index (Phi) is 6.76. The van der Waals surface area contributed by atoms with Crippen molar-refractivity contribution in [2.45, 2.75) is 20.3 Å². The maximum atomic E-state index is 13.4. The Hall–Kier alpha value is -2.84. The molecule has 0 radical (unpaired) electrons. The lowest BCUT2D eigenvalue weighted by Gasteiger charge is -2.09. The van der Waals surface area contributed by atoms with Gasteiger partial charge in [-0.2, -0.15) is 0 Å². The summed E-state index contributed by atoms with van der Waals surface area (Å²) in [6.07, 6.45) is 0.810. The Bertz CT molecular complexity index is 1380. The normalized spacial score (nSPS) is 10.9. The number of aryl methyl sites for hydroxylation is 1. The molecule has 0 saturated carbocycles. The number of fused-ring (bicyclic) bond motifs is 1. The van der Waals surface area contributed by atoms with Gasteiger partial charge >= 0.3 is 5.97 Å². The highest BCUT2D eigenvalue weighted by molar-refractivity contribution is 14.1. The van der Waals surface area contributed by atoms with E-state index >= 15 is 0 Å². The fourth-order valence-electron chi connectivity index (χ4n) is 3.73. The Morgan fingerprint density at radius 1 is 1.00 bits per heavy atom. The Balaban J connectivity index is 1.82. The predicted octanol–water partition coefficient (Wildman–Crippen LogP) is 6.69. The number of nitrogens with zero attached hydrogens (tertiary/aromatic N) is 1. The minimum absolute atomic E-state index is 0.246. The van der Waals surface area contributed by atoms with Gasteiger partial charge in [-0.05, 0) is 102 Å². The number of esters is 1. The number of benzene rings is 3. The van der Waals surface area contributed by atoms with Gasteiger partial charge in [-0.15, -0.1) is 0 Å². The van der Waals surface area contributed by atoms with Crippen molar-refractivity contribution in [1.29, 1.82) is 0 Å². The molecule has 1 heterocycles. The van der Waals surface area contributed by atoms with Crippen LogP contribution in [0.5, 0.6) is 11.5 Å². The number of carbonyl (C=O) groups excluding carboxylic acids is 2. The highest BCUT2D eigenvalue weighted by atomic mass is 127. The third-order valence-corrected chi connectivity index (χ3v) is 6.81. The van der Waals surface area contributed by atoms with Crippen LogP contribution in [-0.2, 0) is 6.42 Å². The summed E-state index contributed by atoms with van der Waals surface area (Å²) in [5, 5.41) is 1.16. The van der Waals surface area contributed by atoms with Gasteiger partial charge in [0.05, 0.1) is 23.9 Å². The van der Waals surface area contributed by atoms with E-state index in [1.165, 1.54) is 0 Å². The summed E-state index contributed by atoms with van der Waals surface area (Å²) in [6.45, 7) is 3.80. The summed E-state index contributed by atoms with van der Waals surface area (Å²) in [7, 11) is 1.56. The first-order valence-corrected chi connectivity index (χ1v) is 11.8. The van der Waals surface area contributed by atoms with E-state index in [0.717, 1.165) is 15.6 Å². The average Bonchev–Trinajstić information content (AvgIpc) is 3.09. The molecular weight excluding hydrogens is 553 g/mol. The van der Waals surface area contributed by atoms with Crippen molar-refractivity contribution in [3.8, 4) is 11.5 Å². The standard InChI is InChI=1S/C26H21ClINO4/c1-4-16-13-18(7-11-22(16)28)26(31)33-24-15(2)29(23-12-10-20(32-3)14-21(23)24)25(30)17-5-8-19(27)9-6-17/h5-14H,4H2,1-3H3. The molecule has 0 atom stereocenters. The first kappa shape index (κ1) is 23.3. The zero-order chi connectivity index (χ0) is 23.7. The number of halogens is 2. The van der Waals surface area contributed by atoms with Gasteiger partial charge in [-0.1, -0.05) is 18.5 Å². The van der Waals surface area contributed by atoms with Crippen molar-refractivity contribution in [3.63, 3.8) is 0 Å². The van der Waals surface area contributed by atoms with Gasteiger partial charge in [0.1, 0.15) is 5.75 Å². The van der Waals surface area contributed by atoms with E-state index in [9.17, 15) is 9.59 Å². The molecule has 1 aromatic heterocycles. The molecule has 0 aliphatic heterocycles. The van der Waals surface area contributed by atoms with Crippen molar-refractivity contribution in [1.82, 2.24) is 4.57 Å². The van der Waals surface area contributed by atoms with Crippen molar-refractivity contribution in [2.24, 2.45) is 0 Å². The second-order valence-electron chi connectivity index (χ2n) is 7.49. The molecule has 4 rings (SSSR count). The zero-order valence-electron chi connectivity index (χ0n) is 18.3. The lowest BCUT2D eigenvalue weighted by molar-refractivity contribution is 0.0733. The van der Waals surface area contributed by atoms with Gasteiger partial charge < -0.3 is 9.47 Å². The number of hydrogen-bond acceptors (Lipinski definition) is 4. The van der Waals surface area contributed by atoms with Crippen molar-refractivity contribution in [3.05, 3.63) is 91.6 Å². The quantitative estimate of drug-likeness (QED) is 0.197. The number of aromatic nitrogens is 1. The maximum Gasteiger partial charge on any atom is 0.343 e. The highest BCUT2D eigenvalue weighted by Crippen LogP contribution is 2.36. The minimum Gasteiger partial charge on any atom is -0.497 e. The summed E-state index contributed by atoms with van der Waals surface area (Å²) < 4.78 is 13.9. The fourth-order valence-corrected chi connectivity index (χ4v) is 4.58. The molecule has 0 fully saturated rings. The second-order valence-corrected chi connectivity index (χ2v) is 9.09. The molecule has 33 heavy (non-hydrogen) atoms. The number of rotatable bonds is 5. The van der Waals surface area contributed by atoms with Crippen LogP contribution in [0.25, 0.3) is 10.9 Å². The molecule has 0 unspecified atom stereocenters. The third kappa shape index (κ3) is 4.50. The molecule has 0 aliphatic rings. The van der Waals surface area contributed by atoms with E-state index in [2.05, 4.69) is 22.6 Å². The third-order valence-electron chi connectivity index (χ3n) is 5.50. The molecule has 0 bridgehead atoms. The lowest BCUT2D eigenvalue weighted by atomic mass is 10.1. The predicted molar refractivity (Wildman–Crippen MR) is 138 cm³/mol. The lowest BCUT2D eigenvalue weighted by Crippen LogP contribution is -2.14. The molecule has 3 aromatic carbocycles. The van der Waals surface area contributed by atoms with Crippen LogP contribution in [0.3, 0.4) is 0 Å². The Morgan fingerprint density at radius 2 is 1.70 bits per heavy atom. The SMILES string of the molecule is CCc1cc(C(=O)Oc2c(C)n(C(=O)c3ccc(Cl)cc3)c3ccc(OC)cc23)ccc1I. The minimum atomic E-state index is -0.481. The van der Waals surface area contributed by atoms with Crippen LogP contribution in [0.2, 0.25) is 5.02 Å². The molecule has 4 aromatic rings. The summed E-state index contributed by atoms with van der Waals surface area (Å²) in [6, 6.07) is 17.5. The van der Waals surface area contributed by atoms with Gasteiger partial charge in [0.25, 0.3) is 5.91 Å². The van der Waals surface area contributed by atoms with Gasteiger partial charge in [-0.3, -0.25) is 9.36 Å². The first-order chi connectivity index (χ1) is 15.8. The number of methoxy groups -OCH3 is 1. The Morgan fingerprint density at radius 3 is 2.36 bits per heavy atom. The summed E-state index contributed by atoms with van der Waals surface area (Å²) in [5.41, 5.74) is 3.14. The molecule has 168 valence electrons. The number of carbonyl (C=O) groups is 2. The van der Waals surface area contributed by atoms with Gasteiger partial charge in [0.2, 0.25) is 0 Å². The van der Waals surface area contributed by atoms with E-state index in [4.69, 9.17) is 21.1 Å². The number of ether oxygens (including phenoxy) is 2. The molecule has 5 nitrogen and oxygen atoms in total. The molecule has 0 N–H and O–H groups in total. The largest absolute Gasteiger partial charge is 0.497 e. The molecular formula is C26H21ClINO4. The van der Waals surface area contributed by atoms with E-state index in [1.807, 2.05) is 19.1 Å². The second kappa shape index (κ2) is 9.57. The van der Waals surface area contributed by atoms with Crippen LogP contribution >= 0.6 is 34.2 Å².